The Kier molecular flexibility index (Phi) is 1.44. The first kappa shape index (κ1) is 6.99. The summed E-state index contributed by atoms with van der Waals surface area (Å²) in [7, 11) is 0. The van der Waals surface area contributed by atoms with E-state index in [-0.39, 0.29) is 0 Å². The van der Waals surface area contributed by atoms with E-state index >= 15 is 0 Å². The van der Waals surface area contributed by atoms with Crippen LogP contribution in [0, 0.1) is 23.7 Å². The molecule has 0 aliphatic heterocycles. The molecule has 11 heavy (non-hydrogen) atoms. The molecule has 0 amide bonds. The van der Waals surface area contributed by atoms with Crippen molar-refractivity contribution in [3.05, 3.63) is 0 Å². The van der Waals surface area contributed by atoms with E-state index in [1.54, 1.807) is 32.1 Å². The van der Waals surface area contributed by atoms with Gasteiger partial charge in [-0.05, 0) is 43.9 Å². The van der Waals surface area contributed by atoms with E-state index in [9.17, 15) is 0 Å². The van der Waals surface area contributed by atoms with Crippen molar-refractivity contribution in [1.29, 1.82) is 0 Å². The fourth-order valence-corrected chi connectivity index (χ4v) is 4.60. The second-order valence-electron chi connectivity index (χ2n) is 5.01. The molecular formula is C10H15Al. The average Bonchev–Trinajstić information content (AvgIpc) is 1.98. The number of hydrogen-bond acceptors (Lipinski definition) is 0. The van der Waals surface area contributed by atoms with Crippen LogP contribution in [0.4, 0.5) is 0 Å². The van der Waals surface area contributed by atoms with Gasteiger partial charge in [0.15, 0.2) is 0 Å². The number of rotatable bonds is 0. The minimum atomic E-state index is 1.00. The molecule has 4 aliphatic carbocycles. The lowest BCUT2D eigenvalue weighted by Crippen LogP contribution is -2.42. The van der Waals surface area contributed by atoms with Crippen molar-refractivity contribution in [2.24, 2.45) is 23.7 Å². The highest BCUT2D eigenvalue weighted by Crippen LogP contribution is 2.57. The van der Waals surface area contributed by atoms with Crippen LogP contribution in [0.3, 0.4) is 0 Å². The summed E-state index contributed by atoms with van der Waals surface area (Å²) in [5.41, 5.74) is 0. The molecule has 4 rings (SSSR count). The molecule has 0 N–H and O–H groups in total. The van der Waals surface area contributed by atoms with Gasteiger partial charge in [0.25, 0.3) is 0 Å². The maximum absolute atomic E-state index is 3.12. The van der Waals surface area contributed by atoms with E-state index in [0.717, 1.165) is 28.5 Å². The lowest BCUT2D eigenvalue weighted by atomic mass is 9.56. The zero-order valence-electron chi connectivity index (χ0n) is 7.00. The Balaban J connectivity index is 1.91. The molecule has 4 bridgehead atoms. The fourth-order valence-electron chi connectivity index (χ4n) is 3.97. The summed E-state index contributed by atoms with van der Waals surface area (Å²) in [5.74, 6) is 4.51. The third-order valence-electron chi connectivity index (χ3n) is 4.30. The fraction of sp³-hybridized carbons (Fsp3) is 1.00. The molecule has 0 saturated heterocycles. The number of hydrogen-bond donors (Lipinski definition) is 0. The summed E-state index contributed by atoms with van der Waals surface area (Å²) >= 11 is 3.12. The molecule has 0 unspecified atom stereocenters. The summed E-state index contributed by atoms with van der Waals surface area (Å²) in [4.78, 5) is 0. The molecule has 58 valence electrons. The maximum atomic E-state index is 3.12. The average molecular weight is 162 g/mol. The highest BCUT2D eigenvalue weighted by Gasteiger charge is 2.45. The standard InChI is InChI=1S/C10H15.Al/c1-7-2-9-4-8(1)5-10(3-7)6-9;/h1,7-10H,2-6H2;. The smallest absolute Gasteiger partial charge is 0.102 e. The lowest BCUT2D eigenvalue weighted by molar-refractivity contribution is 0.0211. The van der Waals surface area contributed by atoms with Gasteiger partial charge in [-0.25, -0.2) is 0 Å². The van der Waals surface area contributed by atoms with Gasteiger partial charge in [-0.3, -0.25) is 0 Å². The van der Waals surface area contributed by atoms with Gasteiger partial charge in [-0.15, -0.1) is 4.78 Å². The van der Waals surface area contributed by atoms with Gasteiger partial charge in [-0.2, -0.15) is 0 Å². The zero-order chi connectivity index (χ0) is 7.42. The predicted molar refractivity (Wildman–Crippen MR) is 46.5 cm³/mol. The Morgan fingerprint density at radius 3 is 1.64 bits per heavy atom. The molecule has 0 spiro atoms. The summed E-state index contributed by atoms with van der Waals surface area (Å²) in [6.45, 7) is 0. The molecule has 0 nitrogen and oxygen atoms in total. The zero-order valence-corrected chi connectivity index (χ0v) is 8.15. The third kappa shape index (κ3) is 0.942. The van der Waals surface area contributed by atoms with Gasteiger partial charge in [0.2, 0.25) is 0 Å². The Bertz CT molecular complexity index is 148. The van der Waals surface area contributed by atoms with Crippen molar-refractivity contribution in [3.8, 4) is 0 Å². The van der Waals surface area contributed by atoms with E-state index < -0.39 is 0 Å². The lowest BCUT2D eigenvalue weighted by Gasteiger charge is -2.54. The Morgan fingerprint density at radius 1 is 0.727 bits per heavy atom. The van der Waals surface area contributed by atoms with Gasteiger partial charge in [0.05, 0.1) is 0 Å². The maximum Gasteiger partial charge on any atom is 0.124 e. The highest BCUT2D eigenvalue weighted by atomic mass is 27.0. The summed E-state index contributed by atoms with van der Waals surface area (Å²) in [6, 6.07) is 0. The molecule has 0 aromatic carbocycles. The van der Waals surface area contributed by atoms with Crippen molar-refractivity contribution < 1.29 is 0 Å². The molecule has 2 radical (unpaired) electrons. The van der Waals surface area contributed by atoms with E-state index in [1.807, 2.05) is 0 Å². The minimum absolute atomic E-state index is 1.00. The first-order valence-corrected chi connectivity index (χ1v) is 5.75. The largest absolute Gasteiger partial charge is 0.124 e. The van der Waals surface area contributed by atoms with Crippen LogP contribution in [0.1, 0.15) is 32.1 Å². The van der Waals surface area contributed by atoms with Crippen molar-refractivity contribution in [2.45, 2.75) is 36.9 Å². The molecule has 4 aliphatic rings. The van der Waals surface area contributed by atoms with Crippen LogP contribution in [0.25, 0.3) is 0 Å². The van der Waals surface area contributed by atoms with Crippen LogP contribution in [-0.4, -0.2) is 16.3 Å². The van der Waals surface area contributed by atoms with Gasteiger partial charge in [0, 0.05) is 0 Å². The molecular weight excluding hydrogens is 147 g/mol. The summed E-state index contributed by atoms with van der Waals surface area (Å²) in [5, 5.41) is 0. The van der Waals surface area contributed by atoms with Crippen molar-refractivity contribution in [1.82, 2.24) is 0 Å². The first-order chi connectivity index (χ1) is 5.33. The second-order valence-corrected chi connectivity index (χ2v) is 5.78. The van der Waals surface area contributed by atoms with Gasteiger partial charge < -0.3 is 0 Å². The van der Waals surface area contributed by atoms with Gasteiger partial charge >= 0.3 is 0 Å². The first-order valence-electron chi connectivity index (χ1n) is 5.08. The molecule has 4 fully saturated rings. The van der Waals surface area contributed by atoms with Crippen LogP contribution < -0.4 is 0 Å². The Hall–Kier alpha value is 0.532. The third-order valence-corrected chi connectivity index (χ3v) is 5.39. The van der Waals surface area contributed by atoms with Crippen LogP contribution in [0.15, 0.2) is 0 Å². The van der Waals surface area contributed by atoms with Gasteiger partial charge in [-0.1, -0.05) is 11.8 Å². The Morgan fingerprint density at radius 2 is 1.18 bits per heavy atom. The van der Waals surface area contributed by atoms with E-state index in [2.05, 4.69) is 16.3 Å². The van der Waals surface area contributed by atoms with Crippen molar-refractivity contribution in [2.75, 3.05) is 0 Å². The minimum Gasteiger partial charge on any atom is -0.102 e. The monoisotopic (exact) mass is 162 g/mol. The molecule has 0 aromatic heterocycles. The molecule has 4 saturated carbocycles. The van der Waals surface area contributed by atoms with E-state index in [0.29, 0.717) is 0 Å². The van der Waals surface area contributed by atoms with Crippen molar-refractivity contribution >= 4 is 16.3 Å². The van der Waals surface area contributed by atoms with E-state index in [1.165, 1.54) is 0 Å². The molecule has 1 heteroatoms. The van der Waals surface area contributed by atoms with Crippen LogP contribution in [0.5, 0.6) is 0 Å². The van der Waals surface area contributed by atoms with Crippen LogP contribution in [0.2, 0.25) is 4.78 Å². The highest BCUT2D eigenvalue weighted by molar-refractivity contribution is 6.12. The summed E-state index contributed by atoms with van der Waals surface area (Å²) in [6.07, 6.45) is 7.87. The molecule has 0 heterocycles. The van der Waals surface area contributed by atoms with Crippen LogP contribution in [-0.2, 0) is 0 Å². The molecule has 0 aromatic rings. The normalized spacial score (nSPS) is 60.2. The summed E-state index contributed by atoms with van der Waals surface area (Å²) < 4.78 is 1.00. The topological polar surface area (TPSA) is 0 Å². The van der Waals surface area contributed by atoms with Gasteiger partial charge in [0.1, 0.15) is 16.3 Å². The second kappa shape index (κ2) is 2.27. The quantitative estimate of drug-likeness (QED) is 0.480. The Labute approximate surface area is 77.2 Å². The van der Waals surface area contributed by atoms with E-state index in [4.69, 9.17) is 0 Å². The van der Waals surface area contributed by atoms with Crippen LogP contribution >= 0.6 is 0 Å². The predicted octanol–water partition coefficient (Wildman–Crippen LogP) is 2.40. The SMILES string of the molecule is [Al][CH]1C2CC3CC(C2)CC1C3. The molecule has 0 atom stereocenters. The van der Waals surface area contributed by atoms with Crippen molar-refractivity contribution in [3.63, 3.8) is 0 Å².